The highest BCUT2D eigenvalue weighted by atomic mass is 32.1. The first-order chi connectivity index (χ1) is 9.33. The molecule has 2 aliphatic rings. The SMILES string of the molecule is O=C(c1csc(C2CC2)n1)N1CCCc2n[nH]nc21. The first-order valence-electron chi connectivity index (χ1n) is 6.50. The molecular weight excluding hydrogens is 262 g/mol. The fraction of sp³-hybridized carbons (Fsp3) is 0.500. The lowest BCUT2D eigenvalue weighted by Gasteiger charge is -2.23. The molecule has 1 aliphatic heterocycles. The van der Waals surface area contributed by atoms with E-state index in [9.17, 15) is 4.79 Å². The van der Waals surface area contributed by atoms with Crippen LogP contribution in [-0.4, -0.2) is 32.8 Å². The van der Waals surface area contributed by atoms with Crippen LogP contribution >= 0.6 is 11.3 Å². The van der Waals surface area contributed by atoms with Crippen molar-refractivity contribution in [3.63, 3.8) is 0 Å². The van der Waals surface area contributed by atoms with Gasteiger partial charge in [0.25, 0.3) is 5.91 Å². The average Bonchev–Trinajstić information content (AvgIpc) is 2.99. The second-order valence-corrected chi connectivity index (χ2v) is 5.89. The molecule has 4 rings (SSSR count). The second-order valence-electron chi connectivity index (χ2n) is 5.00. The smallest absolute Gasteiger partial charge is 0.279 e. The third-order valence-electron chi connectivity index (χ3n) is 3.56. The molecule has 7 heteroatoms. The van der Waals surface area contributed by atoms with Crippen LogP contribution in [0.4, 0.5) is 5.82 Å². The number of thiazole rings is 1. The summed E-state index contributed by atoms with van der Waals surface area (Å²) < 4.78 is 0. The number of hydrogen-bond acceptors (Lipinski definition) is 5. The van der Waals surface area contributed by atoms with Gasteiger partial charge in [0.05, 0.1) is 5.01 Å². The molecule has 0 atom stereocenters. The molecule has 0 bridgehead atoms. The van der Waals surface area contributed by atoms with Gasteiger partial charge in [-0.15, -0.1) is 16.4 Å². The Hall–Kier alpha value is -1.76. The number of carbonyl (C=O) groups excluding carboxylic acids is 1. The minimum absolute atomic E-state index is 0.0574. The van der Waals surface area contributed by atoms with E-state index in [0.29, 0.717) is 24.0 Å². The van der Waals surface area contributed by atoms with Crippen molar-refractivity contribution in [3.8, 4) is 0 Å². The van der Waals surface area contributed by atoms with Crippen LogP contribution in [0.25, 0.3) is 0 Å². The van der Waals surface area contributed by atoms with Crippen LogP contribution in [0.5, 0.6) is 0 Å². The first kappa shape index (κ1) is 11.1. The largest absolute Gasteiger partial charge is 0.288 e. The van der Waals surface area contributed by atoms with Gasteiger partial charge in [-0.2, -0.15) is 10.3 Å². The standard InChI is InChI=1S/C12H13N5OS/c18-12(9-6-19-11(13-9)7-3-4-7)17-5-1-2-8-10(17)15-16-14-8/h6-7H,1-5H2,(H,14,15,16). The molecular formula is C12H13N5OS. The number of carbonyl (C=O) groups is 1. The lowest BCUT2D eigenvalue weighted by molar-refractivity contribution is 0.0980. The van der Waals surface area contributed by atoms with Gasteiger partial charge in [0.15, 0.2) is 5.82 Å². The highest BCUT2D eigenvalue weighted by Crippen LogP contribution is 2.41. The molecule has 19 heavy (non-hydrogen) atoms. The molecule has 0 aromatic carbocycles. The highest BCUT2D eigenvalue weighted by Gasteiger charge is 2.31. The molecule has 1 saturated carbocycles. The van der Waals surface area contributed by atoms with Crippen molar-refractivity contribution in [3.05, 3.63) is 21.8 Å². The van der Waals surface area contributed by atoms with E-state index in [1.54, 1.807) is 16.2 Å². The summed E-state index contributed by atoms with van der Waals surface area (Å²) in [5, 5.41) is 13.7. The number of hydrogen-bond donors (Lipinski definition) is 1. The zero-order chi connectivity index (χ0) is 12.8. The fourth-order valence-electron chi connectivity index (χ4n) is 2.38. The third kappa shape index (κ3) is 1.85. The quantitative estimate of drug-likeness (QED) is 0.905. The summed E-state index contributed by atoms with van der Waals surface area (Å²) in [6.45, 7) is 0.689. The number of nitrogens with zero attached hydrogens (tertiary/aromatic N) is 4. The zero-order valence-electron chi connectivity index (χ0n) is 10.3. The molecule has 2 aromatic rings. The molecule has 2 aromatic heterocycles. The molecule has 1 N–H and O–H groups in total. The Morgan fingerprint density at radius 3 is 3.16 bits per heavy atom. The number of H-pyrrole nitrogens is 1. The Kier molecular flexibility index (Phi) is 2.41. The maximum Gasteiger partial charge on any atom is 0.279 e. The summed E-state index contributed by atoms with van der Waals surface area (Å²) in [6, 6.07) is 0. The number of anilines is 1. The zero-order valence-corrected chi connectivity index (χ0v) is 11.1. The van der Waals surface area contributed by atoms with E-state index < -0.39 is 0 Å². The van der Waals surface area contributed by atoms with Gasteiger partial charge in [0.1, 0.15) is 11.4 Å². The van der Waals surface area contributed by atoms with Crippen molar-refractivity contribution >= 4 is 23.1 Å². The second kappa shape index (κ2) is 4.12. The number of fused-ring (bicyclic) bond motifs is 1. The monoisotopic (exact) mass is 275 g/mol. The molecule has 1 fully saturated rings. The van der Waals surface area contributed by atoms with Crippen molar-refractivity contribution in [2.24, 2.45) is 0 Å². The van der Waals surface area contributed by atoms with Gasteiger partial charge in [-0.3, -0.25) is 9.69 Å². The molecule has 0 spiro atoms. The van der Waals surface area contributed by atoms with Crippen LogP contribution < -0.4 is 4.90 Å². The van der Waals surface area contributed by atoms with Gasteiger partial charge < -0.3 is 0 Å². The van der Waals surface area contributed by atoms with Crippen LogP contribution in [0.1, 0.15) is 46.4 Å². The molecule has 3 heterocycles. The Balaban J connectivity index is 1.63. The van der Waals surface area contributed by atoms with Gasteiger partial charge in [-0.05, 0) is 25.7 Å². The van der Waals surface area contributed by atoms with Gasteiger partial charge >= 0.3 is 0 Å². The van der Waals surface area contributed by atoms with Crippen LogP contribution in [-0.2, 0) is 6.42 Å². The van der Waals surface area contributed by atoms with E-state index in [1.165, 1.54) is 12.8 Å². The fourth-order valence-corrected chi connectivity index (χ4v) is 3.35. The highest BCUT2D eigenvalue weighted by molar-refractivity contribution is 7.10. The van der Waals surface area contributed by atoms with Gasteiger partial charge in [0.2, 0.25) is 0 Å². The summed E-state index contributed by atoms with van der Waals surface area (Å²) >= 11 is 1.59. The Morgan fingerprint density at radius 2 is 2.32 bits per heavy atom. The maximum atomic E-state index is 12.5. The van der Waals surface area contributed by atoms with E-state index in [0.717, 1.165) is 23.5 Å². The van der Waals surface area contributed by atoms with E-state index in [-0.39, 0.29) is 5.91 Å². The van der Waals surface area contributed by atoms with Crippen molar-refractivity contribution in [1.29, 1.82) is 0 Å². The van der Waals surface area contributed by atoms with Crippen molar-refractivity contribution in [2.75, 3.05) is 11.4 Å². The Morgan fingerprint density at radius 1 is 1.42 bits per heavy atom. The predicted octanol–water partition coefficient (Wildman–Crippen LogP) is 1.73. The first-order valence-corrected chi connectivity index (χ1v) is 7.38. The van der Waals surface area contributed by atoms with Crippen LogP contribution in [0.2, 0.25) is 0 Å². The Bertz CT molecular complexity index is 630. The van der Waals surface area contributed by atoms with E-state index >= 15 is 0 Å². The summed E-state index contributed by atoms with van der Waals surface area (Å²) in [5.41, 5.74) is 1.42. The number of amides is 1. The third-order valence-corrected chi connectivity index (χ3v) is 4.57. The molecule has 0 saturated heterocycles. The number of aryl methyl sites for hydroxylation is 1. The normalized spacial score (nSPS) is 18.4. The maximum absolute atomic E-state index is 12.5. The Labute approximate surface area is 113 Å². The van der Waals surface area contributed by atoms with E-state index in [2.05, 4.69) is 20.4 Å². The van der Waals surface area contributed by atoms with Crippen LogP contribution in [0.3, 0.4) is 0 Å². The van der Waals surface area contributed by atoms with Crippen LogP contribution in [0, 0.1) is 0 Å². The summed E-state index contributed by atoms with van der Waals surface area (Å²) in [4.78, 5) is 18.7. The topological polar surface area (TPSA) is 74.8 Å². The summed E-state index contributed by atoms with van der Waals surface area (Å²) in [5.74, 6) is 1.20. The van der Waals surface area contributed by atoms with E-state index in [1.807, 2.05) is 5.38 Å². The lowest BCUT2D eigenvalue weighted by atomic mass is 10.1. The molecule has 0 radical (unpaired) electrons. The number of nitrogens with one attached hydrogen (secondary N) is 1. The van der Waals surface area contributed by atoms with Gasteiger partial charge in [-0.25, -0.2) is 4.98 Å². The lowest BCUT2D eigenvalue weighted by Crippen LogP contribution is -2.35. The minimum atomic E-state index is -0.0574. The molecule has 98 valence electrons. The predicted molar refractivity (Wildman–Crippen MR) is 70.5 cm³/mol. The average molecular weight is 275 g/mol. The molecule has 1 amide bonds. The summed E-state index contributed by atoms with van der Waals surface area (Å²) in [7, 11) is 0. The minimum Gasteiger partial charge on any atom is -0.288 e. The number of aromatic nitrogens is 4. The number of rotatable bonds is 2. The van der Waals surface area contributed by atoms with Crippen LogP contribution in [0.15, 0.2) is 5.38 Å². The van der Waals surface area contributed by atoms with Crippen molar-refractivity contribution in [1.82, 2.24) is 20.4 Å². The summed E-state index contributed by atoms with van der Waals surface area (Å²) in [6.07, 6.45) is 4.21. The van der Waals surface area contributed by atoms with E-state index in [4.69, 9.17) is 0 Å². The molecule has 0 unspecified atom stereocenters. The van der Waals surface area contributed by atoms with Crippen molar-refractivity contribution < 1.29 is 4.79 Å². The molecule has 6 nitrogen and oxygen atoms in total. The van der Waals surface area contributed by atoms with Crippen molar-refractivity contribution in [2.45, 2.75) is 31.6 Å². The molecule has 1 aliphatic carbocycles. The van der Waals surface area contributed by atoms with Gasteiger partial charge in [0, 0.05) is 17.8 Å². The van der Waals surface area contributed by atoms with Gasteiger partial charge in [-0.1, -0.05) is 0 Å². The number of aromatic amines is 1.